The van der Waals surface area contributed by atoms with Crippen LogP contribution in [0.3, 0.4) is 0 Å². The monoisotopic (exact) mass is 389 g/mol. The van der Waals surface area contributed by atoms with Gasteiger partial charge in [0.2, 0.25) is 6.79 Å². The third-order valence-corrected chi connectivity index (χ3v) is 5.00. The maximum atomic E-state index is 12.9. The first-order valence-corrected chi connectivity index (χ1v) is 9.20. The van der Waals surface area contributed by atoms with Crippen molar-refractivity contribution >= 4 is 17.5 Å². The van der Waals surface area contributed by atoms with E-state index < -0.39 is 5.60 Å². The Labute approximate surface area is 162 Å². The summed E-state index contributed by atoms with van der Waals surface area (Å²) in [6.07, 6.45) is 1.27. The molecular formula is C20H20ClNO5. The van der Waals surface area contributed by atoms with Crippen LogP contribution in [0.1, 0.15) is 23.2 Å². The van der Waals surface area contributed by atoms with Gasteiger partial charge < -0.3 is 24.2 Å². The topological polar surface area (TPSA) is 68.2 Å². The summed E-state index contributed by atoms with van der Waals surface area (Å²) in [7, 11) is 0. The third-order valence-electron chi connectivity index (χ3n) is 4.77. The van der Waals surface area contributed by atoms with Crippen LogP contribution in [-0.4, -0.2) is 48.0 Å². The molecule has 0 aliphatic carbocycles. The minimum atomic E-state index is -1.10. The molecule has 2 aliphatic rings. The van der Waals surface area contributed by atoms with Gasteiger partial charge in [-0.3, -0.25) is 4.79 Å². The van der Waals surface area contributed by atoms with Gasteiger partial charge in [-0.15, -0.1) is 0 Å². The second-order valence-corrected chi connectivity index (χ2v) is 7.31. The average molecular weight is 390 g/mol. The molecule has 2 aliphatic heterocycles. The van der Waals surface area contributed by atoms with Gasteiger partial charge >= 0.3 is 0 Å². The zero-order valence-electron chi connectivity index (χ0n) is 14.7. The van der Waals surface area contributed by atoms with Crippen molar-refractivity contribution < 1.29 is 24.1 Å². The largest absolute Gasteiger partial charge is 0.490 e. The lowest BCUT2D eigenvalue weighted by Gasteiger charge is -2.39. The highest BCUT2D eigenvalue weighted by Gasteiger charge is 2.36. The molecule has 0 saturated carbocycles. The molecule has 1 saturated heterocycles. The van der Waals surface area contributed by atoms with E-state index in [-0.39, 0.29) is 25.9 Å². The number of fused-ring (bicyclic) bond motifs is 1. The van der Waals surface area contributed by atoms with Crippen LogP contribution < -0.4 is 14.2 Å². The van der Waals surface area contributed by atoms with E-state index in [0.717, 1.165) is 0 Å². The summed E-state index contributed by atoms with van der Waals surface area (Å²) in [4.78, 5) is 14.5. The number of hydrogen-bond acceptors (Lipinski definition) is 5. The van der Waals surface area contributed by atoms with Crippen LogP contribution in [0.5, 0.6) is 17.2 Å². The van der Waals surface area contributed by atoms with E-state index in [4.69, 9.17) is 25.8 Å². The molecule has 2 aromatic carbocycles. The molecule has 27 heavy (non-hydrogen) atoms. The Kier molecular flexibility index (Phi) is 4.85. The van der Waals surface area contributed by atoms with Gasteiger partial charge in [0, 0.05) is 17.1 Å². The van der Waals surface area contributed by atoms with Crippen LogP contribution in [-0.2, 0) is 0 Å². The van der Waals surface area contributed by atoms with Crippen LogP contribution in [0.4, 0.5) is 0 Å². The highest BCUT2D eigenvalue weighted by Crippen LogP contribution is 2.33. The summed E-state index contributed by atoms with van der Waals surface area (Å²) in [5, 5.41) is 11.5. The van der Waals surface area contributed by atoms with Crippen molar-refractivity contribution in [1.29, 1.82) is 0 Å². The van der Waals surface area contributed by atoms with Crippen molar-refractivity contribution in [2.75, 3.05) is 26.5 Å². The minimum absolute atomic E-state index is 0.0955. The highest BCUT2D eigenvalue weighted by molar-refractivity contribution is 6.30. The van der Waals surface area contributed by atoms with E-state index in [1.165, 1.54) is 0 Å². The second-order valence-electron chi connectivity index (χ2n) is 6.87. The van der Waals surface area contributed by atoms with Crippen molar-refractivity contribution in [3.63, 3.8) is 0 Å². The van der Waals surface area contributed by atoms with Gasteiger partial charge in [0.1, 0.15) is 18.0 Å². The van der Waals surface area contributed by atoms with E-state index in [1.807, 2.05) is 0 Å². The number of ether oxygens (including phenoxy) is 3. The molecule has 2 aromatic rings. The van der Waals surface area contributed by atoms with Crippen LogP contribution in [0.25, 0.3) is 0 Å². The first kappa shape index (κ1) is 17.9. The number of halogens is 1. The molecule has 1 amide bonds. The van der Waals surface area contributed by atoms with E-state index in [9.17, 15) is 9.90 Å². The quantitative estimate of drug-likeness (QED) is 0.870. The summed E-state index contributed by atoms with van der Waals surface area (Å²) >= 11 is 5.96. The number of aliphatic hydroxyl groups is 1. The fraction of sp³-hybridized carbons (Fsp3) is 0.350. The Bertz CT molecular complexity index is 858. The zero-order valence-corrected chi connectivity index (χ0v) is 15.4. The molecule has 1 atom stereocenters. The molecule has 0 radical (unpaired) electrons. The minimum Gasteiger partial charge on any atom is -0.490 e. The SMILES string of the molecule is O=C(c1ccc2c(c1)OCO2)N1CCCC(O)(COc2cccc(Cl)c2)C1. The molecule has 0 aromatic heterocycles. The summed E-state index contributed by atoms with van der Waals surface area (Å²) < 4.78 is 16.3. The summed E-state index contributed by atoms with van der Waals surface area (Å²) in [6, 6.07) is 12.2. The molecule has 7 heteroatoms. The van der Waals surface area contributed by atoms with E-state index >= 15 is 0 Å². The Morgan fingerprint density at radius 1 is 1.22 bits per heavy atom. The predicted octanol–water partition coefficient (Wildman–Crippen LogP) is 3.11. The van der Waals surface area contributed by atoms with Crippen LogP contribution >= 0.6 is 11.6 Å². The highest BCUT2D eigenvalue weighted by atomic mass is 35.5. The van der Waals surface area contributed by atoms with Crippen molar-refractivity contribution in [2.24, 2.45) is 0 Å². The number of hydrogen-bond donors (Lipinski definition) is 1. The smallest absolute Gasteiger partial charge is 0.254 e. The van der Waals surface area contributed by atoms with Crippen molar-refractivity contribution in [1.82, 2.24) is 4.90 Å². The summed E-state index contributed by atoms with van der Waals surface area (Å²) in [6.45, 7) is 1.06. The standard InChI is InChI=1S/C20H20ClNO5/c21-15-3-1-4-16(10-15)25-12-20(24)7-2-8-22(11-20)19(23)14-5-6-17-18(9-14)27-13-26-17/h1,3-6,9-10,24H,2,7-8,11-13H2. The van der Waals surface area contributed by atoms with Gasteiger partial charge in [0.05, 0.1) is 6.54 Å². The Hall–Kier alpha value is -2.44. The molecule has 0 spiro atoms. The number of likely N-dealkylation sites (tertiary alicyclic amines) is 1. The summed E-state index contributed by atoms with van der Waals surface area (Å²) in [5.41, 5.74) is -0.591. The number of amides is 1. The molecule has 6 nitrogen and oxygen atoms in total. The van der Waals surface area contributed by atoms with E-state index in [2.05, 4.69) is 0 Å². The predicted molar refractivity (Wildman–Crippen MR) is 99.6 cm³/mol. The maximum Gasteiger partial charge on any atom is 0.254 e. The zero-order chi connectivity index (χ0) is 18.9. The number of nitrogens with zero attached hydrogens (tertiary/aromatic N) is 1. The van der Waals surface area contributed by atoms with Gasteiger partial charge in [0.25, 0.3) is 5.91 Å². The lowest BCUT2D eigenvalue weighted by Crippen LogP contribution is -2.53. The lowest BCUT2D eigenvalue weighted by atomic mass is 9.93. The molecule has 0 bridgehead atoms. The van der Waals surface area contributed by atoms with Gasteiger partial charge in [-0.05, 0) is 49.2 Å². The Morgan fingerprint density at radius 3 is 2.93 bits per heavy atom. The molecule has 4 rings (SSSR count). The molecule has 2 heterocycles. The molecule has 1 N–H and O–H groups in total. The van der Waals surface area contributed by atoms with Crippen LogP contribution in [0, 0.1) is 0 Å². The first-order chi connectivity index (χ1) is 13.0. The van der Waals surface area contributed by atoms with Gasteiger partial charge in [-0.2, -0.15) is 0 Å². The normalized spacial score (nSPS) is 21.2. The maximum absolute atomic E-state index is 12.9. The van der Waals surface area contributed by atoms with Crippen molar-refractivity contribution in [3.05, 3.63) is 53.1 Å². The number of carbonyl (C=O) groups is 1. The molecular weight excluding hydrogens is 370 g/mol. The van der Waals surface area contributed by atoms with Crippen molar-refractivity contribution in [2.45, 2.75) is 18.4 Å². The Balaban J connectivity index is 1.43. The Morgan fingerprint density at radius 2 is 2.07 bits per heavy atom. The van der Waals surface area contributed by atoms with E-state index in [1.54, 1.807) is 47.4 Å². The molecule has 1 fully saturated rings. The molecule has 1 unspecified atom stereocenters. The number of rotatable bonds is 4. The van der Waals surface area contributed by atoms with Crippen LogP contribution in [0.15, 0.2) is 42.5 Å². The van der Waals surface area contributed by atoms with Gasteiger partial charge in [0.15, 0.2) is 11.5 Å². The molecule has 142 valence electrons. The number of benzene rings is 2. The fourth-order valence-electron chi connectivity index (χ4n) is 3.39. The third kappa shape index (κ3) is 3.96. The fourth-order valence-corrected chi connectivity index (χ4v) is 3.57. The van der Waals surface area contributed by atoms with Gasteiger partial charge in [-0.25, -0.2) is 0 Å². The average Bonchev–Trinajstić information content (AvgIpc) is 3.14. The number of piperidine rings is 1. The number of carbonyl (C=O) groups excluding carboxylic acids is 1. The van der Waals surface area contributed by atoms with E-state index in [0.29, 0.717) is 47.2 Å². The van der Waals surface area contributed by atoms with Crippen molar-refractivity contribution in [3.8, 4) is 17.2 Å². The lowest BCUT2D eigenvalue weighted by molar-refractivity contribution is -0.0532. The summed E-state index contributed by atoms with van der Waals surface area (Å²) in [5.74, 6) is 1.65. The van der Waals surface area contributed by atoms with Crippen LogP contribution in [0.2, 0.25) is 5.02 Å². The number of β-amino-alcohol motifs (C(OH)–C–C–N with tert-alkyl or cyclic N) is 1. The van der Waals surface area contributed by atoms with Gasteiger partial charge in [-0.1, -0.05) is 17.7 Å². The second kappa shape index (κ2) is 7.29. The first-order valence-electron chi connectivity index (χ1n) is 8.82.